The van der Waals surface area contributed by atoms with Crippen molar-refractivity contribution < 1.29 is 14.4 Å². The zero-order chi connectivity index (χ0) is 19.5. The molecule has 28 heavy (non-hydrogen) atoms. The number of aromatic nitrogens is 1. The van der Waals surface area contributed by atoms with Crippen LogP contribution >= 0.6 is 0 Å². The highest BCUT2D eigenvalue weighted by molar-refractivity contribution is 6.21. The largest absolute Gasteiger partial charge is 0.338 e. The number of fused-ring (bicyclic) bond motifs is 2. The molecule has 0 atom stereocenters. The fraction of sp³-hybridized carbons (Fsp3) is 0.143. The summed E-state index contributed by atoms with van der Waals surface area (Å²) < 4.78 is 0. The first-order valence-corrected chi connectivity index (χ1v) is 8.99. The SMILES string of the molecule is O=C(NCCCN1C(=O)c2ccccc2C1=O)Nc1cccc2cccnc12. The number of anilines is 1. The first-order valence-electron chi connectivity index (χ1n) is 8.99. The molecular weight excluding hydrogens is 356 g/mol. The third kappa shape index (κ3) is 3.29. The second-order valence-electron chi connectivity index (χ2n) is 6.42. The summed E-state index contributed by atoms with van der Waals surface area (Å²) in [5.41, 5.74) is 2.20. The van der Waals surface area contributed by atoms with E-state index in [1.807, 2.05) is 24.3 Å². The van der Waals surface area contributed by atoms with Crippen LogP contribution in [0.4, 0.5) is 10.5 Å². The highest BCUT2D eigenvalue weighted by Gasteiger charge is 2.34. The number of carbonyl (C=O) groups is 3. The van der Waals surface area contributed by atoms with Gasteiger partial charge in [-0.1, -0.05) is 30.3 Å². The van der Waals surface area contributed by atoms with Gasteiger partial charge >= 0.3 is 6.03 Å². The Morgan fingerprint density at radius 3 is 2.39 bits per heavy atom. The Balaban J connectivity index is 1.30. The highest BCUT2D eigenvalue weighted by Crippen LogP contribution is 2.22. The monoisotopic (exact) mass is 374 g/mol. The minimum Gasteiger partial charge on any atom is -0.338 e. The van der Waals surface area contributed by atoms with Crippen LogP contribution in [-0.4, -0.2) is 40.8 Å². The lowest BCUT2D eigenvalue weighted by molar-refractivity contribution is 0.0653. The van der Waals surface area contributed by atoms with Gasteiger partial charge in [-0.25, -0.2) is 4.79 Å². The Hall–Kier alpha value is -3.74. The van der Waals surface area contributed by atoms with E-state index in [1.165, 1.54) is 4.90 Å². The fourth-order valence-electron chi connectivity index (χ4n) is 3.25. The highest BCUT2D eigenvalue weighted by atomic mass is 16.2. The number of hydrogen-bond donors (Lipinski definition) is 2. The molecular formula is C21H18N4O3. The van der Waals surface area contributed by atoms with Crippen molar-refractivity contribution in [1.82, 2.24) is 15.2 Å². The van der Waals surface area contributed by atoms with Crippen LogP contribution < -0.4 is 10.6 Å². The van der Waals surface area contributed by atoms with Crippen molar-refractivity contribution in [3.63, 3.8) is 0 Å². The molecule has 0 aliphatic carbocycles. The Labute approximate surface area is 161 Å². The van der Waals surface area contributed by atoms with Crippen LogP contribution in [0.15, 0.2) is 60.8 Å². The molecule has 1 aromatic heterocycles. The Kier molecular flexibility index (Phi) is 4.72. The van der Waals surface area contributed by atoms with Gasteiger partial charge in [0.1, 0.15) is 0 Å². The van der Waals surface area contributed by atoms with E-state index in [0.29, 0.717) is 35.3 Å². The number of pyridine rings is 1. The van der Waals surface area contributed by atoms with Crippen LogP contribution in [-0.2, 0) is 0 Å². The van der Waals surface area contributed by atoms with Crippen LogP contribution in [0.2, 0.25) is 0 Å². The number of rotatable bonds is 5. The van der Waals surface area contributed by atoms with E-state index in [9.17, 15) is 14.4 Å². The predicted octanol–water partition coefficient (Wildman–Crippen LogP) is 3.04. The number of benzene rings is 2. The van der Waals surface area contributed by atoms with E-state index < -0.39 is 0 Å². The third-order valence-corrected chi connectivity index (χ3v) is 4.60. The number of para-hydroxylation sites is 1. The number of imide groups is 1. The van der Waals surface area contributed by atoms with Crippen molar-refractivity contribution in [2.75, 3.05) is 18.4 Å². The summed E-state index contributed by atoms with van der Waals surface area (Å²) >= 11 is 0. The molecule has 7 heteroatoms. The van der Waals surface area contributed by atoms with Crippen molar-refractivity contribution in [3.05, 3.63) is 71.9 Å². The molecule has 0 unspecified atom stereocenters. The molecule has 2 aromatic carbocycles. The zero-order valence-corrected chi connectivity index (χ0v) is 15.0. The quantitative estimate of drug-likeness (QED) is 0.530. The number of carbonyl (C=O) groups excluding carboxylic acids is 3. The fourth-order valence-corrected chi connectivity index (χ4v) is 3.25. The predicted molar refractivity (Wildman–Crippen MR) is 105 cm³/mol. The molecule has 0 radical (unpaired) electrons. The van der Waals surface area contributed by atoms with E-state index in [0.717, 1.165) is 5.39 Å². The molecule has 0 saturated carbocycles. The van der Waals surface area contributed by atoms with E-state index in [-0.39, 0.29) is 24.4 Å². The lowest BCUT2D eigenvalue weighted by Gasteiger charge is -2.14. The first-order chi connectivity index (χ1) is 13.6. The average molecular weight is 374 g/mol. The maximum absolute atomic E-state index is 12.3. The second-order valence-corrected chi connectivity index (χ2v) is 6.42. The maximum Gasteiger partial charge on any atom is 0.319 e. The summed E-state index contributed by atoms with van der Waals surface area (Å²) in [4.78, 5) is 42.3. The summed E-state index contributed by atoms with van der Waals surface area (Å²) in [6.45, 7) is 0.583. The smallest absolute Gasteiger partial charge is 0.319 e. The second kappa shape index (κ2) is 7.48. The molecule has 0 saturated heterocycles. The Morgan fingerprint density at radius 2 is 1.64 bits per heavy atom. The van der Waals surface area contributed by atoms with Gasteiger partial charge in [-0.05, 0) is 30.7 Å². The molecule has 4 rings (SSSR count). The van der Waals surface area contributed by atoms with Crippen molar-refractivity contribution in [1.29, 1.82) is 0 Å². The van der Waals surface area contributed by atoms with Gasteiger partial charge in [0.15, 0.2) is 0 Å². The van der Waals surface area contributed by atoms with Gasteiger partial charge in [0.2, 0.25) is 0 Å². The van der Waals surface area contributed by atoms with Gasteiger partial charge in [-0.15, -0.1) is 0 Å². The number of hydrogen-bond acceptors (Lipinski definition) is 4. The van der Waals surface area contributed by atoms with Crippen molar-refractivity contribution in [2.24, 2.45) is 0 Å². The van der Waals surface area contributed by atoms with Crippen molar-refractivity contribution in [3.8, 4) is 0 Å². The Bertz CT molecular complexity index is 1040. The van der Waals surface area contributed by atoms with Crippen LogP contribution in [0, 0.1) is 0 Å². The van der Waals surface area contributed by atoms with Crippen LogP contribution in [0.5, 0.6) is 0 Å². The van der Waals surface area contributed by atoms with Crippen molar-refractivity contribution in [2.45, 2.75) is 6.42 Å². The summed E-state index contributed by atoms with van der Waals surface area (Å²) in [6, 6.07) is 15.7. The van der Waals surface area contributed by atoms with Gasteiger partial charge in [0.25, 0.3) is 11.8 Å². The van der Waals surface area contributed by atoms with Crippen LogP contribution in [0.25, 0.3) is 10.9 Å². The molecule has 0 fully saturated rings. The molecule has 0 spiro atoms. The van der Waals surface area contributed by atoms with Gasteiger partial charge in [0, 0.05) is 24.7 Å². The molecule has 2 heterocycles. The molecule has 1 aliphatic rings. The van der Waals surface area contributed by atoms with Gasteiger partial charge in [-0.2, -0.15) is 0 Å². The standard InChI is InChI=1S/C21H18N4O3/c26-19-15-8-1-2-9-16(15)20(27)25(19)13-5-12-23-21(28)24-17-10-3-6-14-7-4-11-22-18(14)17/h1-4,6-11H,5,12-13H2,(H2,23,24,28). The normalized spacial score (nSPS) is 12.9. The maximum atomic E-state index is 12.3. The van der Waals surface area contributed by atoms with Gasteiger partial charge in [-0.3, -0.25) is 19.5 Å². The van der Waals surface area contributed by atoms with Gasteiger partial charge < -0.3 is 10.6 Å². The zero-order valence-electron chi connectivity index (χ0n) is 15.0. The van der Waals surface area contributed by atoms with E-state index >= 15 is 0 Å². The average Bonchev–Trinajstić information content (AvgIpc) is 2.96. The van der Waals surface area contributed by atoms with E-state index in [1.54, 1.807) is 36.5 Å². The minimum absolute atomic E-state index is 0.252. The molecule has 2 N–H and O–H groups in total. The van der Waals surface area contributed by atoms with Crippen LogP contribution in [0.3, 0.4) is 0 Å². The van der Waals surface area contributed by atoms with E-state index in [2.05, 4.69) is 15.6 Å². The number of urea groups is 1. The summed E-state index contributed by atoms with van der Waals surface area (Å²) in [7, 11) is 0. The lowest BCUT2D eigenvalue weighted by atomic mass is 10.1. The molecule has 7 nitrogen and oxygen atoms in total. The minimum atomic E-state index is -0.361. The topological polar surface area (TPSA) is 91.4 Å². The number of nitrogens with zero attached hydrogens (tertiary/aromatic N) is 2. The molecule has 140 valence electrons. The molecule has 3 aromatic rings. The van der Waals surface area contributed by atoms with Crippen molar-refractivity contribution >= 4 is 34.4 Å². The van der Waals surface area contributed by atoms with E-state index in [4.69, 9.17) is 0 Å². The summed E-state index contributed by atoms with van der Waals surface area (Å²) in [5.74, 6) is -0.571. The number of amides is 4. The summed E-state index contributed by atoms with van der Waals surface area (Å²) in [6.07, 6.45) is 2.14. The van der Waals surface area contributed by atoms with Gasteiger partial charge in [0.05, 0.1) is 22.3 Å². The molecule has 4 amide bonds. The first kappa shape index (κ1) is 17.7. The molecule has 0 bridgehead atoms. The van der Waals surface area contributed by atoms with Crippen LogP contribution in [0.1, 0.15) is 27.1 Å². The molecule has 1 aliphatic heterocycles. The Morgan fingerprint density at radius 1 is 0.929 bits per heavy atom. The number of nitrogens with one attached hydrogen (secondary N) is 2. The lowest BCUT2D eigenvalue weighted by Crippen LogP contribution is -2.35. The third-order valence-electron chi connectivity index (χ3n) is 4.60. The summed E-state index contributed by atoms with van der Waals surface area (Å²) in [5, 5.41) is 6.46.